The van der Waals surface area contributed by atoms with Gasteiger partial charge in [0.1, 0.15) is 5.82 Å². The van der Waals surface area contributed by atoms with E-state index in [4.69, 9.17) is 5.73 Å². The van der Waals surface area contributed by atoms with Crippen LogP contribution in [0.1, 0.15) is 50.8 Å². The van der Waals surface area contributed by atoms with Crippen LogP contribution in [0.5, 0.6) is 0 Å². The van der Waals surface area contributed by atoms with Gasteiger partial charge in [0.25, 0.3) is 0 Å². The highest BCUT2D eigenvalue weighted by atomic mass is 15.4. The summed E-state index contributed by atoms with van der Waals surface area (Å²) in [6.45, 7) is 4.13. The number of nitrogens with zero attached hydrogens (tertiary/aromatic N) is 3. The third-order valence-electron chi connectivity index (χ3n) is 4.53. The van der Waals surface area contributed by atoms with Gasteiger partial charge in [-0.05, 0) is 25.2 Å². The largest absolute Gasteiger partial charge is 0.338 e. The van der Waals surface area contributed by atoms with Crippen LogP contribution in [0.4, 0.5) is 5.95 Å². The summed E-state index contributed by atoms with van der Waals surface area (Å²) in [5.74, 6) is 3.13. The van der Waals surface area contributed by atoms with Gasteiger partial charge in [0.2, 0.25) is 5.95 Å². The van der Waals surface area contributed by atoms with E-state index in [1.54, 1.807) is 0 Å². The predicted octanol–water partition coefficient (Wildman–Crippen LogP) is 1.64. The molecule has 2 heterocycles. The Morgan fingerprint density at radius 1 is 1.28 bits per heavy atom. The first-order valence-corrected chi connectivity index (χ1v) is 7.17. The van der Waals surface area contributed by atoms with Crippen molar-refractivity contribution in [1.29, 1.82) is 0 Å². The summed E-state index contributed by atoms with van der Waals surface area (Å²) in [5.41, 5.74) is 6.13. The zero-order valence-electron chi connectivity index (χ0n) is 11.1. The van der Waals surface area contributed by atoms with E-state index in [9.17, 15) is 0 Å². The molecule has 3 N–H and O–H groups in total. The van der Waals surface area contributed by atoms with E-state index in [0.29, 0.717) is 11.8 Å². The highest BCUT2D eigenvalue weighted by molar-refractivity contribution is 5.30. The van der Waals surface area contributed by atoms with Crippen LogP contribution in [-0.4, -0.2) is 34.3 Å². The average molecular weight is 249 g/mol. The molecule has 3 rings (SSSR count). The Morgan fingerprint density at radius 3 is 2.78 bits per heavy atom. The summed E-state index contributed by atoms with van der Waals surface area (Å²) in [6, 6.07) is 0.243. The Bertz CT molecular complexity index is 396. The van der Waals surface area contributed by atoms with Gasteiger partial charge in [-0.25, -0.2) is 0 Å². The molecule has 1 saturated heterocycles. The van der Waals surface area contributed by atoms with E-state index in [0.717, 1.165) is 31.3 Å². The molecule has 1 aromatic heterocycles. The molecule has 0 radical (unpaired) electrons. The van der Waals surface area contributed by atoms with Crippen molar-refractivity contribution in [2.45, 2.75) is 51.0 Å². The molecule has 18 heavy (non-hydrogen) atoms. The van der Waals surface area contributed by atoms with E-state index < -0.39 is 0 Å². The van der Waals surface area contributed by atoms with E-state index in [2.05, 4.69) is 27.0 Å². The van der Waals surface area contributed by atoms with Crippen LogP contribution in [0, 0.1) is 5.92 Å². The van der Waals surface area contributed by atoms with Gasteiger partial charge in [0.15, 0.2) is 0 Å². The zero-order valence-corrected chi connectivity index (χ0v) is 11.1. The van der Waals surface area contributed by atoms with Gasteiger partial charge in [-0.2, -0.15) is 4.98 Å². The van der Waals surface area contributed by atoms with Crippen LogP contribution in [0.2, 0.25) is 0 Å². The maximum Gasteiger partial charge on any atom is 0.244 e. The molecule has 0 aromatic carbocycles. The molecule has 1 saturated carbocycles. The lowest BCUT2D eigenvalue weighted by atomic mass is 9.95. The molecule has 1 aliphatic carbocycles. The van der Waals surface area contributed by atoms with Crippen molar-refractivity contribution in [3.8, 4) is 0 Å². The normalized spacial score (nSPS) is 30.0. The summed E-state index contributed by atoms with van der Waals surface area (Å²) in [6.07, 6.45) is 6.30. The molecule has 2 fully saturated rings. The molecular weight excluding hydrogens is 226 g/mol. The molecule has 0 bridgehead atoms. The first-order valence-electron chi connectivity index (χ1n) is 7.17. The topological polar surface area (TPSA) is 70.8 Å². The van der Waals surface area contributed by atoms with Gasteiger partial charge >= 0.3 is 0 Å². The van der Waals surface area contributed by atoms with Crippen molar-refractivity contribution >= 4 is 5.95 Å². The van der Waals surface area contributed by atoms with Crippen LogP contribution in [0.3, 0.4) is 0 Å². The highest BCUT2D eigenvalue weighted by Crippen LogP contribution is 2.32. The van der Waals surface area contributed by atoms with Gasteiger partial charge in [-0.3, -0.25) is 5.10 Å². The fraction of sp³-hybridized carbons (Fsp3) is 0.846. The maximum atomic E-state index is 6.13. The number of aromatic nitrogens is 3. The van der Waals surface area contributed by atoms with Crippen molar-refractivity contribution < 1.29 is 0 Å². The second-order valence-corrected chi connectivity index (χ2v) is 5.88. The highest BCUT2D eigenvalue weighted by Gasteiger charge is 2.27. The Labute approximate surface area is 108 Å². The molecule has 1 aliphatic heterocycles. The number of hydrogen-bond acceptors (Lipinski definition) is 4. The summed E-state index contributed by atoms with van der Waals surface area (Å²) >= 11 is 0. The molecule has 2 aliphatic rings. The molecule has 5 nitrogen and oxygen atoms in total. The fourth-order valence-corrected chi connectivity index (χ4v) is 3.07. The zero-order chi connectivity index (χ0) is 12.5. The minimum Gasteiger partial charge on any atom is -0.338 e. The number of rotatable bonds is 2. The van der Waals surface area contributed by atoms with Crippen LogP contribution >= 0.6 is 0 Å². The molecular formula is C13H23N5. The Morgan fingerprint density at radius 2 is 2.06 bits per heavy atom. The Kier molecular flexibility index (Phi) is 3.24. The van der Waals surface area contributed by atoms with Crippen LogP contribution in [0.25, 0.3) is 0 Å². The Hall–Kier alpha value is -1.10. The number of hydrogen-bond donors (Lipinski definition) is 2. The predicted molar refractivity (Wildman–Crippen MR) is 71.6 cm³/mol. The smallest absolute Gasteiger partial charge is 0.244 e. The maximum absolute atomic E-state index is 6.13. The first-order chi connectivity index (χ1) is 8.74. The number of H-pyrrole nitrogens is 1. The van der Waals surface area contributed by atoms with Crippen molar-refractivity contribution in [3.63, 3.8) is 0 Å². The van der Waals surface area contributed by atoms with Crippen molar-refractivity contribution in [3.05, 3.63) is 5.82 Å². The molecule has 2 atom stereocenters. The SMILES string of the molecule is CC1CCN(c2n[nH]c(C3CCCC3)n2)CC1N. The molecule has 0 amide bonds. The standard InChI is InChI=1S/C13H23N5/c1-9-6-7-18(8-11(9)14)13-15-12(16-17-13)10-4-2-3-5-10/h9-11H,2-8,14H2,1H3,(H,15,16,17). The number of piperidine rings is 1. The monoisotopic (exact) mass is 249 g/mol. The summed E-state index contributed by atoms with van der Waals surface area (Å²) in [4.78, 5) is 6.90. The lowest BCUT2D eigenvalue weighted by Gasteiger charge is -2.34. The lowest BCUT2D eigenvalue weighted by Crippen LogP contribution is -2.48. The van der Waals surface area contributed by atoms with E-state index in [-0.39, 0.29) is 6.04 Å². The molecule has 0 spiro atoms. The third-order valence-corrected chi connectivity index (χ3v) is 4.53. The van der Waals surface area contributed by atoms with Crippen molar-refractivity contribution in [2.24, 2.45) is 11.7 Å². The molecule has 1 aromatic rings. The van der Waals surface area contributed by atoms with Gasteiger partial charge in [0.05, 0.1) is 0 Å². The van der Waals surface area contributed by atoms with Gasteiger partial charge in [0, 0.05) is 25.0 Å². The van der Waals surface area contributed by atoms with Crippen molar-refractivity contribution in [2.75, 3.05) is 18.0 Å². The number of anilines is 1. The Balaban J connectivity index is 1.69. The molecule has 100 valence electrons. The molecule has 5 heteroatoms. The van der Waals surface area contributed by atoms with E-state index >= 15 is 0 Å². The quantitative estimate of drug-likeness (QED) is 0.836. The lowest BCUT2D eigenvalue weighted by molar-refractivity contribution is 0.376. The number of nitrogens with two attached hydrogens (primary N) is 1. The van der Waals surface area contributed by atoms with Crippen LogP contribution in [-0.2, 0) is 0 Å². The fourth-order valence-electron chi connectivity index (χ4n) is 3.07. The van der Waals surface area contributed by atoms with Crippen LogP contribution < -0.4 is 10.6 Å². The summed E-state index contributed by atoms with van der Waals surface area (Å²) in [7, 11) is 0. The third kappa shape index (κ3) is 2.23. The minimum absolute atomic E-state index is 0.243. The van der Waals surface area contributed by atoms with E-state index in [1.807, 2.05) is 0 Å². The second-order valence-electron chi connectivity index (χ2n) is 5.88. The second kappa shape index (κ2) is 4.88. The summed E-state index contributed by atoms with van der Waals surface area (Å²) < 4.78 is 0. The summed E-state index contributed by atoms with van der Waals surface area (Å²) in [5, 5.41) is 7.51. The van der Waals surface area contributed by atoms with Gasteiger partial charge < -0.3 is 10.6 Å². The van der Waals surface area contributed by atoms with Crippen LogP contribution in [0.15, 0.2) is 0 Å². The van der Waals surface area contributed by atoms with Gasteiger partial charge in [-0.1, -0.05) is 19.8 Å². The van der Waals surface area contributed by atoms with E-state index in [1.165, 1.54) is 25.7 Å². The minimum atomic E-state index is 0.243. The van der Waals surface area contributed by atoms with Crippen molar-refractivity contribution in [1.82, 2.24) is 15.2 Å². The van der Waals surface area contributed by atoms with Gasteiger partial charge in [-0.15, -0.1) is 5.10 Å². The average Bonchev–Trinajstić information content (AvgIpc) is 3.01. The number of nitrogens with one attached hydrogen (secondary N) is 1. The molecule has 2 unspecified atom stereocenters. The first kappa shape index (κ1) is 12.0. The number of aromatic amines is 1.